The van der Waals surface area contributed by atoms with E-state index in [0.29, 0.717) is 11.8 Å². The third kappa shape index (κ3) is 2.20. The fraction of sp³-hybridized carbons (Fsp3) is 0.818. The van der Waals surface area contributed by atoms with Crippen LogP contribution in [-0.2, 0) is 4.79 Å². The number of thiocarbonyl (C=S) groups is 1. The highest BCUT2D eigenvalue weighted by Crippen LogP contribution is 2.29. The van der Waals surface area contributed by atoms with Crippen molar-refractivity contribution in [3.63, 3.8) is 0 Å². The van der Waals surface area contributed by atoms with Crippen molar-refractivity contribution >= 4 is 23.2 Å². The van der Waals surface area contributed by atoms with Gasteiger partial charge < -0.3 is 4.90 Å². The summed E-state index contributed by atoms with van der Waals surface area (Å²) in [6.07, 6.45) is 4.33. The minimum atomic E-state index is 0.154. The van der Waals surface area contributed by atoms with Gasteiger partial charge >= 0.3 is 0 Å². The van der Waals surface area contributed by atoms with Crippen LogP contribution in [0.3, 0.4) is 0 Å². The van der Waals surface area contributed by atoms with Gasteiger partial charge in [0.2, 0.25) is 5.91 Å². The van der Waals surface area contributed by atoms with Gasteiger partial charge in [0.1, 0.15) is 0 Å². The quantitative estimate of drug-likeness (QED) is 0.703. The molecule has 2 rings (SSSR count). The van der Waals surface area contributed by atoms with E-state index in [9.17, 15) is 4.79 Å². The van der Waals surface area contributed by atoms with Crippen LogP contribution in [0.4, 0.5) is 0 Å². The van der Waals surface area contributed by atoms with E-state index >= 15 is 0 Å². The van der Waals surface area contributed by atoms with Crippen LogP contribution >= 0.6 is 12.2 Å². The minimum Gasteiger partial charge on any atom is -0.336 e. The van der Waals surface area contributed by atoms with E-state index in [2.05, 4.69) is 12.3 Å². The Hall–Kier alpha value is -0.680. The summed E-state index contributed by atoms with van der Waals surface area (Å²) in [6.45, 7) is 2.89. The summed E-state index contributed by atoms with van der Waals surface area (Å²) < 4.78 is 0. The third-order valence-electron chi connectivity index (χ3n) is 3.57. The van der Waals surface area contributed by atoms with Crippen LogP contribution in [-0.4, -0.2) is 34.6 Å². The van der Waals surface area contributed by atoms with Crippen LogP contribution in [0.5, 0.6) is 0 Å². The van der Waals surface area contributed by atoms with Crippen LogP contribution < -0.4 is 5.43 Å². The first-order valence-electron chi connectivity index (χ1n) is 5.92. The Balaban J connectivity index is 1.95. The summed E-state index contributed by atoms with van der Waals surface area (Å²) in [7, 11) is 1.89. The fourth-order valence-electron chi connectivity index (χ4n) is 2.34. The van der Waals surface area contributed by atoms with Gasteiger partial charge in [0, 0.05) is 13.0 Å². The standard InChI is InChI=1S/C11H19N3OS/c1-8-3-5-9(6-4-8)10(15)14-11(16)13(2)7-12-14/h8-9,12H,3-7H2,1-2H3. The summed E-state index contributed by atoms with van der Waals surface area (Å²) >= 11 is 5.20. The summed E-state index contributed by atoms with van der Waals surface area (Å²) in [6, 6.07) is 0. The zero-order valence-electron chi connectivity index (χ0n) is 9.90. The minimum absolute atomic E-state index is 0.154. The second-order valence-corrected chi connectivity index (χ2v) is 5.29. The Bertz CT molecular complexity index is 300. The van der Waals surface area contributed by atoms with E-state index in [4.69, 9.17) is 12.2 Å². The van der Waals surface area contributed by atoms with Crippen LogP contribution in [0.2, 0.25) is 0 Å². The van der Waals surface area contributed by atoms with Crippen molar-refractivity contribution in [3.8, 4) is 0 Å². The molecule has 1 N–H and O–H groups in total. The van der Waals surface area contributed by atoms with Gasteiger partial charge in [-0.25, -0.2) is 10.4 Å². The molecule has 0 atom stereocenters. The zero-order valence-corrected chi connectivity index (χ0v) is 10.7. The summed E-state index contributed by atoms with van der Waals surface area (Å²) in [5, 5.41) is 2.15. The van der Waals surface area contributed by atoms with Gasteiger partial charge in [-0.05, 0) is 43.8 Å². The fourth-order valence-corrected chi connectivity index (χ4v) is 2.56. The van der Waals surface area contributed by atoms with E-state index in [1.54, 1.807) is 5.01 Å². The molecule has 1 aliphatic carbocycles. The molecule has 1 aliphatic heterocycles. The molecule has 0 radical (unpaired) electrons. The molecule has 0 spiro atoms. The van der Waals surface area contributed by atoms with Crippen LogP contribution in [0.1, 0.15) is 32.6 Å². The lowest BCUT2D eigenvalue weighted by Gasteiger charge is -2.28. The average Bonchev–Trinajstić information content (AvgIpc) is 2.60. The maximum Gasteiger partial charge on any atom is 0.246 e. The predicted molar refractivity (Wildman–Crippen MR) is 66.3 cm³/mol. The lowest BCUT2D eigenvalue weighted by molar-refractivity contribution is -0.134. The Labute approximate surface area is 102 Å². The van der Waals surface area contributed by atoms with E-state index in [1.807, 2.05) is 11.9 Å². The van der Waals surface area contributed by atoms with Crippen LogP contribution in [0, 0.1) is 11.8 Å². The highest BCUT2D eigenvalue weighted by atomic mass is 32.1. The first-order chi connectivity index (χ1) is 7.59. The molecule has 0 unspecified atom stereocenters. The highest BCUT2D eigenvalue weighted by molar-refractivity contribution is 7.80. The second kappa shape index (κ2) is 4.67. The molecule has 1 amide bonds. The van der Waals surface area contributed by atoms with E-state index in [-0.39, 0.29) is 11.8 Å². The van der Waals surface area contributed by atoms with Crippen molar-refractivity contribution in [1.82, 2.24) is 15.3 Å². The molecule has 1 heterocycles. The monoisotopic (exact) mass is 241 g/mol. The lowest BCUT2D eigenvalue weighted by Crippen LogP contribution is -2.44. The number of carbonyl (C=O) groups excluding carboxylic acids is 1. The molecule has 2 aliphatic rings. The molecule has 0 bridgehead atoms. The molecule has 0 aromatic rings. The number of amides is 1. The van der Waals surface area contributed by atoms with Gasteiger partial charge in [-0.1, -0.05) is 6.92 Å². The second-order valence-electron chi connectivity index (χ2n) is 4.93. The molecular formula is C11H19N3OS. The van der Waals surface area contributed by atoms with Gasteiger partial charge in [-0.3, -0.25) is 4.79 Å². The van der Waals surface area contributed by atoms with Gasteiger partial charge in [-0.15, -0.1) is 0 Å². The topological polar surface area (TPSA) is 35.6 Å². The van der Waals surface area contributed by atoms with E-state index in [1.165, 1.54) is 0 Å². The predicted octanol–water partition coefficient (Wildman–Crippen LogP) is 1.33. The van der Waals surface area contributed by atoms with E-state index in [0.717, 1.165) is 31.6 Å². The zero-order chi connectivity index (χ0) is 11.7. The number of hydrogen-bond donors (Lipinski definition) is 1. The first kappa shape index (κ1) is 11.8. The van der Waals surface area contributed by atoms with Gasteiger partial charge in [0.15, 0.2) is 5.11 Å². The molecule has 0 aromatic carbocycles. The van der Waals surface area contributed by atoms with Crippen molar-refractivity contribution in [2.45, 2.75) is 32.6 Å². The van der Waals surface area contributed by atoms with Crippen molar-refractivity contribution in [2.75, 3.05) is 13.7 Å². The van der Waals surface area contributed by atoms with Crippen molar-refractivity contribution in [2.24, 2.45) is 11.8 Å². The number of hydrazine groups is 1. The largest absolute Gasteiger partial charge is 0.336 e. The third-order valence-corrected chi connectivity index (χ3v) is 4.06. The van der Waals surface area contributed by atoms with E-state index < -0.39 is 0 Å². The molecule has 1 saturated carbocycles. The number of nitrogens with zero attached hydrogens (tertiary/aromatic N) is 2. The normalized spacial score (nSPS) is 31.0. The molecule has 0 aromatic heterocycles. The number of nitrogens with one attached hydrogen (secondary N) is 1. The summed E-state index contributed by atoms with van der Waals surface area (Å²) in [5.74, 6) is 1.08. The molecule has 2 fully saturated rings. The van der Waals surface area contributed by atoms with Crippen LogP contribution in [0.25, 0.3) is 0 Å². The molecule has 1 saturated heterocycles. The molecule has 5 heteroatoms. The molecule has 90 valence electrons. The molecule has 16 heavy (non-hydrogen) atoms. The number of rotatable bonds is 1. The van der Waals surface area contributed by atoms with Crippen molar-refractivity contribution in [1.29, 1.82) is 0 Å². The SMILES string of the molecule is CC1CCC(C(=O)N2NCN(C)C2=S)CC1. The Morgan fingerprint density at radius 1 is 1.38 bits per heavy atom. The summed E-state index contributed by atoms with van der Waals surface area (Å²) in [5.41, 5.74) is 3.03. The number of carbonyl (C=O) groups is 1. The van der Waals surface area contributed by atoms with Gasteiger partial charge in [0.25, 0.3) is 0 Å². The van der Waals surface area contributed by atoms with Crippen LogP contribution in [0.15, 0.2) is 0 Å². The van der Waals surface area contributed by atoms with Gasteiger partial charge in [-0.2, -0.15) is 0 Å². The Kier molecular flexibility index (Phi) is 3.44. The molecular weight excluding hydrogens is 222 g/mol. The Morgan fingerprint density at radius 2 is 2.00 bits per heavy atom. The summed E-state index contributed by atoms with van der Waals surface area (Å²) in [4.78, 5) is 14.1. The molecule has 4 nitrogen and oxygen atoms in total. The number of hydrogen-bond acceptors (Lipinski definition) is 3. The Morgan fingerprint density at radius 3 is 2.50 bits per heavy atom. The lowest BCUT2D eigenvalue weighted by atomic mass is 9.82. The first-order valence-corrected chi connectivity index (χ1v) is 6.33. The maximum atomic E-state index is 12.2. The van der Waals surface area contributed by atoms with Crippen molar-refractivity contribution in [3.05, 3.63) is 0 Å². The smallest absolute Gasteiger partial charge is 0.246 e. The highest BCUT2D eigenvalue weighted by Gasteiger charge is 2.33. The maximum absolute atomic E-state index is 12.2. The van der Waals surface area contributed by atoms with Crippen molar-refractivity contribution < 1.29 is 4.79 Å². The van der Waals surface area contributed by atoms with Gasteiger partial charge in [0.05, 0.1) is 6.67 Å². The average molecular weight is 241 g/mol.